The van der Waals surface area contributed by atoms with Crippen LogP contribution in [0.3, 0.4) is 0 Å². The third kappa shape index (κ3) is 2.61. The van der Waals surface area contributed by atoms with Crippen LogP contribution in [0.25, 0.3) is 0 Å². The Balaban J connectivity index is 1.59. The Morgan fingerprint density at radius 3 is 2.89 bits per heavy atom. The Kier molecular flexibility index (Phi) is 3.41. The number of hydrogen-bond acceptors (Lipinski definition) is 3. The summed E-state index contributed by atoms with van der Waals surface area (Å²) >= 11 is 0. The zero-order valence-electron chi connectivity index (χ0n) is 11.1. The second-order valence-electron chi connectivity index (χ2n) is 5.46. The minimum Gasteiger partial charge on any atom is -0.495 e. The maximum absolute atomic E-state index is 5.44. The predicted octanol–water partition coefficient (Wildman–Crippen LogP) is 2.27. The van der Waals surface area contributed by atoms with E-state index in [1.54, 1.807) is 7.11 Å². The minimum atomic E-state index is 0.788. The van der Waals surface area contributed by atoms with E-state index in [1.807, 2.05) is 12.1 Å². The van der Waals surface area contributed by atoms with Crippen molar-refractivity contribution in [1.29, 1.82) is 0 Å². The molecule has 1 aliphatic heterocycles. The molecule has 3 nitrogen and oxygen atoms in total. The molecule has 0 radical (unpaired) electrons. The topological polar surface area (TPSA) is 24.5 Å². The Morgan fingerprint density at radius 2 is 2.11 bits per heavy atom. The number of nitrogens with one attached hydrogen (secondary N) is 1. The van der Waals surface area contributed by atoms with Crippen LogP contribution in [0, 0.1) is 5.92 Å². The summed E-state index contributed by atoms with van der Waals surface area (Å²) in [5.41, 5.74) is 1.24. The molecule has 0 aromatic heterocycles. The molecule has 98 valence electrons. The first-order valence-corrected chi connectivity index (χ1v) is 6.98. The van der Waals surface area contributed by atoms with Crippen LogP contribution in [-0.2, 0) is 0 Å². The van der Waals surface area contributed by atoms with E-state index in [0.29, 0.717) is 0 Å². The molecule has 1 saturated heterocycles. The molecule has 1 aliphatic carbocycles. The highest BCUT2D eigenvalue weighted by atomic mass is 16.5. The van der Waals surface area contributed by atoms with Crippen LogP contribution in [0.1, 0.15) is 19.3 Å². The molecule has 1 atom stereocenters. The number of benzene rings is 1. The maximum atomic E-state index is 5.44. The van der Waals surface area contributed by atoms with Gasteiger partial charge in [0.05, 0.1) is 12.8 Å². The van der Waals surface area contributed by atoms with Crippen LogP contribution in [0.2, 0.25) is 0 Å². The van der Waals surface area contributed by atoms with Crippen molar-refractivity contribution in [3.8, 4) is 5.75 Å². The van der Waals surface area contributed by atoms with Gasteiger partial charge in [-0.05, 0) is 43.9 Å². The van der Waals surface area contributed by atoms with Crippen LogP contribution in [0.5, 0.6) is 5.75 Å². The molecule has 0 amide bonds. The minimum absolute atomic E-state index is 0.788. The van der Waals surface area contributed by atoms with Gasteiger partial charge in [0, 0.05) is 19.1 Å². The molecule has 1 heterocycles. The number of methoxy groups -OCH3 is 1. The van der Waals surface area contributed by atoms with Crippen molar-refractivity contribution < 1.29 is 4.74 Å². The second-order valence-corrected chi connectivity index (χ2v) is 5.46. The van der Waals surface area contributed by atoms with E-state index in [-0.39, 0.29) is 0 Å². The number of ether oxygens (including phenoxy) is 1. The molecule has 1 N–H and O–H groups in total. The third-order valence-corrected chi connectivity index (χ3v) is 3.98. The van der Waals surface area contributed by atoms with Gasteiger partial charge in [-0.1, -0.05) is 12.1 Å². The lowest BCUT2D eigenvalue weighted by Gasteiger charge is -2.21. The smallest absolute Gasteiger partial charge is 0.142 e. The zero-order valence-corrected chi connectivity index (χ0v) is 11.1. The van der Waals surface area contributed by atoms with Crippen LogP contribution < -0.4 is 15.0 Å². The largest absolute Gasteiger partial charge is 0.495 e. The molecule has 0 bridgehead atoms. The van der Waals surface area contributed by atoms with Gasteiger partial charge < -0.3 is 15.0 Å². The molecule has 2 aliphatic rings. The average Bonchev–Trinajstić information content (AvgIpc) is 3.13. The van der Waals surface area contributed by atoms with Gasteiger partial charge in [-0.15, -0.1) is 0 Å². The van der Waals surface area contributed by atoms with Crippen LogP contribution >= 0.6 is 0 Å². The summed E-state index contributed by atoms with van der Waals surface area (Å²) in [7, 11) is 1.75. The lowest BCUT2D eigenvalue weighted by Crippen LogP contribution is -2.27. The lowest BCUT2D eigenvalue weighted by molar-refractivity contribution is 0.414. The first kappa shape index (κ1) is 11.8. The summed E-state index contributed by atoms with van der Waals surface area (Å²) in [6.45, 7) is 3.48. The van der Waals surface area contributed by atoms with Crippen molar-refractivity contribution in [1.82, 2.24) is 5.32 Å². The Morgan fingerprint density at radius 1 is 1.28 bits per heavy atom. The maximum Gasteiger partial charge on any atom is 0.142 e. The molecule has 1 aromatic carbocycles. The first-order chi connectivity index (χ1) is 8.86. The van der Waals surface area contributed by atoms with Gasteiger partial charge in [0.1, 0.15) is 5.75 Å². The zero-order chi connectivity index (χ0) is 12.4. The Hall–Kier alpha value is -1.22. The number of hydrogen-bond donors (Lipinski definition) is 1. The van der Waals surface area contributed by atoms with Gasteiger partial charge in [0.2, 0.25) is 0 Å². The van der Waals surface area contributed by atoms with Crippen molar-refractivity contribution in [3.05, 3.63) is 24.3 Å². The monoisotopic (exact) mass is 246 g/mol. The molecule has 1 aromatic rings. The average molecular weight is 246 g/mol. The third-order valence-electron chi connectivity index (χ3n) is 3.98. The van der Waals surface area contributed by atoms with Crippen molar-refractivity contribution in [2.45, 2.75) is 25.3 Å². The predicted molar refractivity (Wildman–Crippen MR) is 74.3 cm³/mol. The summed E-state index contributed by atoms with van der Waals surface area (Å²) in [6, 6.07) is 9.16. The highest BCUT2D eigenvalue weighted by Crippen LogP contribution is 2.32. The summed E-state index contributed by atoms with van der Waals surface area (Å²) < 4.78 is 5.44. The second kappa shape index (κ2) is 5.19. The number of para-hydroxylation sites is 2. The SMILES string of the molecule is COc1ccccc1N1CCC(CNC2CC2)C1. The number of nitrogens with zero attached hydrogens (tertiary/aromatic N) is 1. The molecule has 3 rings (SSSR count). The van der Waals surface area contributed by atoms with Crippen molar-refractivity contribution in [2.75, 3.05) is 31.6 Å². The van der Waals surface area contributed by atoms with E-state index in [1.165, 1.54) is 31.5 Å². The van der Waals surface area contributed by atoms with E-state index in [2.05, 4.69) is 22.3 Å². The van der Waals surface area contributed by atoms with Crippen LogP contribution in [0.15, 0.2) is 24.3 Å². The van der Waals surface area contributed by atoms with E-state index in [0.717, 1.165) is 30.8 Å². The number of rotatable bonds is 5. The van der Waals surface area contributed by atoms with Gasteiger partial charge in [0.25, 0.3) is 0 Å². The Bertz CT molecular complexity index is 403. The fourth-order valence-electron chi connectivity index (χ4n) is 2.73. The van der Waals surface area contributed by atoms with Crippen molar-refractivity contribution in [3.63, 3.8) is 0 Å². The fourth-order valence-corrected chi connectivity index (χ4v) is 2.73. The van der Waals surface area contributed by atoms with Gasteiger partial charge in [-0.25, -0.2) is 0 Å². The summed E-state index contributed by atoms with van der Waals surface area (Å²) in [6.07, 6.45) is 4.05. The number of anilines is 1. The van der Waals surface area contributed by atoms with Crippen LogP contribution in [0.4, 0.5) is 5.69 Å². The van der Waals surface area contributed by atoms with E-state index in [4.69, 9.17) is 4.74 Å². The lowest BCUT2D eigenvalue weighted by atomic mass is 10.1. The van der Waals surface area contributed by atoms with Gasteiger partial charge in [-0.2, -0.15) is 0 Å². The highest BCUT2D eigenvalue weighted by Gasteiger charge is 2.27. The molecular weight excluding hydrogens is 224 g/mol. The molecular formula is C15H22N2O. The molecule has 1 unspecified atom stereocenters. The standard InChI is InChI=1S/C15H22N2O/c1-18-15-5-3-2-4-14(15)17-9-8-12(11-17)10-16-13-6-7-13/h2-5,12-13,16H,6-11H2,1H3. The first-order valence-electron chi connectivity index (χ1n) is 6.98. The van der Waals surface area contributed by atoms with E-state index in [9.17, 15) is 0 Å². The van der Waals surface area contributed by atoms with Crippen molar-refractivity contribution in [2.24, 2.45) is 5.92 Å². The van der Waals surface area contributed by atoms with E-state index >= 15 is 0 Å². The van der Waals surface area contributed by atoms with Gasteiger partial charge in [-0.3, -0.25) is 0 Å². The van der Waals surface area contributed by atoms with Crippen LogP contribution in [-0.4, -0.2) is 32.8 Å². The van der Waals surface area contributed by atoms with Gasteiger partial charge >= 0.3 is 0 Å². The quantitative estimate of drug-likeness (QED) is 0.862. The molecule has 1 saturated carbocycles. The molecule has 3 heteroatoms. The molecule has 2 fully saturated rings. The van der Waals surface area contributed by atoms with Gasteiger partial charge in [0.15, 0.2) is 0 Å². The fraction of sp³-hybridized carbons (Fsp3) is 0.600. The van der Waals surface area contributed by atoms with E-state index < -0.39 is 0 Å². The summed E-state index contributed by atoms with van der Waals surface area (Å²) in [4.78, 5) is 2.46. The van der Waals surface area contributed by atoms with Crippen molar-refractivity contribution >= 4 is 5.69 Å². The Labute approximate surface area is 109 Å². The molecule has 0 spiro atoms. The summed E-state index contributed by atoms with van der Waals surface area (Å²) in [5, 5.41) is 3.64. The normalized spacial score (nSPS) is 23.4. The summed E-state index contributed by atoms with van der Waals surface area (Å²) in [5.74, 6) is 1.78. The highest BCUT2D eigenvalue weighted by molar-refractivity contribution is 5.59. The molecule has 18 heavy (non-hydrogen) atoms.